The molecule has 10 heteroatoms. The number of halogens is 1. The lowest BCUT2D eigenvalue weighted by Gasteiger charge is -2.37. The monoisotopic (exact) mass is 682 g/mol. The van der Waals surface area contributed by atoms with Gasteiger partial charge in [0.25, 0.3) is 0 Å². The summed E-state index contributed by atoms with van der Waals surface area (Å²) in [4.78, 5) is 14.2. The van der Waals surface area contributed by atoms with Gasteiger partial charge in [0.05, 0.1) is 12.1 Å². The number of imidazole rings is 1. The number of hydrogen-bond donors (Lipinski definition) is 0. The Hall–Kier alpha value is -3.44. The molecule has 2 aliphatic heterocycles. The summed E-state index contributed by atoms with van der Waals surface area (Å²) < 4.78 is 29.8. The quantitative estimate of drug-likeness (QED) is 0.0806. The summed E-state index contributed by atoms with van der Waals surface area (Å²) in [6.07, 6.45) is -0.325. The molecule has 3 aromatic carbocycles. The fraction of sp³-hybridized carbons (Fsp3) is 0.395. The summed E-state index contributed by atoms with van der Waals surface area (Å²) >= 11 is 6.66. The van der Waals surface area contributed by atoms with Gasteiger partial charge in [0, 0.05) is 0 Å². The van der Waals surface area contributed by atoms with Crippen LogP contribution in [0.1, 0.15) is 57.5 Å². The largest absolute Gasteiger partial charge is 0.358 e. The van der Waals surface area contributed by atoms with E-state index >= 15 is 0 Å². The molecule has 0 bridgehead atoms. The van der Waals surface area contributed by atoms with Crippen LogP contribution in [-0.4, -0.2) is 58.3 Å². The first kappa shape index (κ1) is 33.1. The first-order valence-corrected chi connectivity index (χ1v) is 20.0. The molecular weight excluding hydrogens is 640 g/mol. The zero-order chi connectivity index (χ0) is 33.5. The van der Waals surface area contributed by atoms with Crippen LogP contribution in [0.25, 0.3) is 11.2 Å². The lowest BCUT2D eigenvalue weighted by atomic mass is 9.80. The van der Waals surface area contributed by atoms with E-state index in [0.29, 0.717) is 16.3 Å². The Labute approximate surface area is 288 Å². The molecule has 0 saturated carbocycles. The molecule has 2 fully saturated rings. The number of hydrogen-bond acceptors (Lipinski definition) is 7. The second-order valence-corrected chi connectivity index (χ2v) is 18.7. The molecule has 250 valence electrons. The Balaban J connectivity index is 1.34. The van der Waals surface area contributed by atoms with Gasteiger partial charge in [-0.25, -0.2) is 15.0 Å². The van der Waals surface area contributed by atoms with Crippen molar-refractivity contribution in [3.63, 3.8) is 0 Å². The highest BCUT2D eigenvalue weighted by molar-refractivity contribution is 6.90. The van der Waals surface area contributed by atoms with Crippen LogP contribution in [0.5, 0.6) is 0 Å². The molecular formula is C38H43ClN4O4Si. The molecule has 4 atom stereocenters. The van der Waals surface area contributed by atoms with Crippen LogP contribution in [-0.2, 0) is 24.5 Å². The highest BCUT2D eigenvalue weighted by atomic mass is 35.5. The highest BCUT2D eigenvalue weighted by Gasteiger charge is 2.58. The van der Waals surface area contributed by atoms with E-state index in [1.807, 2.05) is 32.0 Å². The van der Waals surface area contributed by atoms with Crippen molar-refractivity contribution in [1.82, 2.24) is 19.5 Å². The van der Waals surface area contributed by atoms with Gasteiger partial charge in [0.15, 0.2) is 22.8 Å². The first-order chi connectivity index (χ1) is 23.3. The zero-order valence-electron chi connectivity index (χ0n) is 28.2. The van der Waals surface area contributed by atoms with Gasteiger partial charge in [-0.1, -0.05) is 141 Å². The Morgan fingerprint density at radius 2 is 1.31 bits per heavy atom. The molecule has 0 aliphatic carbocycles. The molecule has 8 nitrogen and oxygen atoms in total. The number of ether oxygens (including phenoxy) is 4. The van der Waals surface area contributed by atoms with Gasteiger partial charge >= 0.3 is 0 Å². The summed E-state index contributed by atoms with van der Waals surface area (Å²) in [5, 5.41) is 0.336. The summed E-state index contributed by atoms with van der Waals surface area (Å²) in [6.45, 7) is 10.9. The SMILES string of the molecule is CC[Si](CC)(CC)c1nc2c(Cl)ncnc2n1[C@@H]1O[C@H](COC(c2ccccc2)(c2ccccc2)c2ccccc2)[C@H]2OC(C)(C)O[C@H]21. The van der Waals surface area contributed by atoms with E-state index in [1.54, 1.807) is 0 Å². The molecule has 7 rings (SSSR count). The molecule has 0 amide bonds. The molecule has 0 unspecified atom stereocenters. The predicted octanol–water partition coefficient (Wildman–Crippen LogP) is 7.62. The lowest BCUT2D eigenvalue weighted by molar-refractivity contribution is -0.204. The zero-order valence-corrected chi connectivity index (χ0v) is 29.9. The summed E-state index contributed by atoms with van der Waals surface area (Å²) in [5.41, 5.74) is 4.43. The molecule has 0 N–H and O–H groups in total. The molecule has 4 heterocycles. The molecule has 2 saturated heterocycles. The van der Waals surface area contributed by atoms with Crippen LogP contribution in [0.2, 0.25) is 23.3 Å². The Morgan fingerprint density at radius 3 is 1.83 bits per heavy atom. The number of nitrogens with zero attached hydrogens (tertiary/aromatic N) is 4. The van der Waals surface area contributed by atoms with E-state index in [9.17, 15) is 0 Å². The fourth-order valence-corrected chi connectivity index (χ4v) is 11.4. The third-order valence-electron chi connectivity index (χ3n) is 10.3. The van der Waals surface area contributed by atoms with E-state index in [4.69, 9.17) is 40.5 Å². The number of rotatable bonds is 11. The third-order valence-corrected chi connectivity index (χ3v) is 16.0. The van der Waals surface area contributed by atoms with Gasteiger partial charge in [0.1, 0.15) is 43.8 Å². The number of fused-ring (bicyclic) bond motifs is 2. The van der Waals surface area contributed by atoms with Crippen molar-refractivity contribution in [2.75, 3.05) is 6.61 Å². The lowest BCUT2D eigenvalue weighted by Crippen LogP contribution is -2.52. The van der Waals surface area contributed by atoms with Crippen molar-refractivity contribution >= 4 is 36.3 Å². The van der Waals surface area contributed by atoms with Crippen LogP contribution < -0.4 is 5.45 Å². The standard InChI is InChI=1S/C38H43ClN4O4Si/c1-6-48(7-2,8-3)36-42-30-33(39)40-25-41-34(30)43(36)35-32-31(46-37(4,5)47-32)29(45-35)24-44-38(26-18-12-9-13-19-26,27-20-14-10-15-21-27)28-22-16-11-17-23-28/h9-23,25,29,31-32,35H,6-8,24H2,1-5H3/t29-,31-,32-,35-/m1/s1. The predicted molar refractivity (Wildman–Crippen MR) is 190 cm³/mol. The molecule has 2 aliphatic rings. The maximum absolute atomic E-state index is 7.26. The highest BCUT2D eigenvalue weighted by Crippen LogP contribution is 2.46. The van der Waals surface area contributed by atoms with Crippen LogP contribution in [0.3, 0.4) is 0 Å². The van der Waals surface area contributed by atoms with E-state index in [0.717, 1.165) is 40.3 Å². The molecule has 5 aromatic rings. The van der Waals surface area contributed by atoms with Crippen LogP contribution in [0.4, 0.5) is 0 Å². The van der Waals surface area contributed by atoms with Crippen LogP contribution >= 0.6 is 11.6 Å². The maximum Gasteiger partial charge on any atom is 0.166 e. The van der Waals surface area contributed by atoms with E-state index in [1.165, 1.54) is 6.33 Å². The van der Waals surface area contributed by atoms with Crippen molar-refractivity contribution in [2.24, 2.45) is 0 Å². The fourth-order valence-electron chi connectivity index (χ4n) is 7.70. The van der Waals surface area contributed by atoms with Crippen molar-refractivity contribution in [1.29, 1.82) is 0 Å². The minimum absolute atomic E-state index is 0.241. The average molecular weight is 683 g/mol. The molecule has 2 aromatic heterocycles. The first-order valence-electron chi connectivity index (χ1n) is 17.0. The van der Waals surface area contributed by atoms with Gasteiger partial charge in [-0.05, 0) is 30.5 Å². The van der Waals surface area contributed by atoms with Gasteiger partial charge in [-0.2, -0.15) is 0 Å². The van der Waals surface area contributed by atoms with Crippen LogP contribution in [0.15, 0.2) is 97.3 Å². The minimum Gasteiger partial charge on any atom is -0.358 e. The summed E-state index contributed by atoms with van der Waals surface area (Å²) in [6, 6.07) is 34.2. The second kappa shape index (κ2) is 13.1. The van der Waals surface area contributed by atoms with E-state index < -0.39 is 44.0 Å². The Kier molecular flexibility index (Phi) is 9.04. The van der Waals surface area contributed by atoms with Gasteiger partial charge in [-0.3, -0.25) is 4.57 Å². The number of aromatic nitrogens is 4. The Bertz CT molecular complexity index is 1750. The van der Waals surface area contributed by atoms with Crippen molar-refractivity contribution < 1.29 is 18.9 Å². The molecule has 0 radical (unpaired) electrons. The van der Waals surface area contributed by atoms with Crippen molar-refractivity contribution in [2.45, 2.75) is 88.7 Å². The van der Waals surface area contributed by atoms with Gasteiger partial charge < -0.3 is 18.9 Å². The molecule has 48 heavy (non-hydrogen) atoms. The van der Waals surface area contributed by atoms with Gasteiger partial charge in [0.2, 0.25) is 0 Å². The second-order valence-electron chi connectivity index (χ2n) is 13.2. The minimum atomic E-state index is -2.08. The normalized spacial score (nSPS) is 22.3. The van der Waals surface area contributed by atoms with Crippen molar-refractivity contribution in [3.8, 4) is 0 Å². The van der Waals surface area contributed by atoms with Crippen LogP contribution in [0, 0.1) is 0 Å². The van der Waals surface area contributed by atoms with Gasteiger partial charge in [-0.15, -0.1) is 0 Å². The Morgan fingerprint density at radius 1 is 0.792 bits per heavy atom. The topological polar surface area (TPSA) is 80.5 Å². The summed E-state index contributed by atoms with van der Waals surface area (Å²) in [7, 11) is -2.08. The van der Waals surface area contributed by atoms with Crippen molar-refractivity contribution in [3.05, 3.63) is 119 Å². The maximum atomic E-state index is 7.26. The van der Waals surface area contributed by atoms with E-state index in [2.05, 4.69) is 103 Å². The number of benzene rings is 3. The summed E-state index contributed by atoms with van der Waals surface area (Å²) in [5.74, 6) is -0.817. The molecule has 0 spiro atoms. The van der Waals surface area contributed by atoms with E-state index in [-0.39, 0.29) is 6.61 Å². The third kappa shape index (κ3) is 5.50. The smallest absolute Gasteiger partial charge is 0.166 e. The average Bonchev–Trinajstić information content (AvgIpc) is 3.77.